The van der Waals surface area contributed by atoms with E-state index in [1.165, 1.54) is 5.56 Å². The number of aromatic nitrogens is 2. The predicted octanol–water partition coefficient (Wildman–Crippen LogP) is 3.33. The van der Waals surface area contributed by atoms with E-state index in [-0.39, 0.29) is 24.9 Å². The molecule has 0 N–H and O–H groups in total. The van der Waals surface area contributed by atoms with Crippen LogP contribution in [0.15, 0.2) is 67.0 Å². The standard InChI is InChI=1S/C22H24N4O2.ClH/c1-18-7-9-19(10-8-18)26-12-11-23-22(26)25-15-13-24(14-16-25)21(27)17-28-20-5-3-2-4-6-20;/h2-12H,13-17H2,1H3;1H. The van der Waals surface area contributed by atoms with Crippen molar-refractivity contribution in [3.63, 3.8) is 0 Å². The van der Waals surface area contributed by atoms with Gasteiger partial charge in [-0.25, -0.2) is 4.98 Å². The van der Waals surface area contributed by atoms with Gasteiger partial charge in [-0.2, -0.15) is 0 Å². The molecule has 152 valence electrons. The van der Waals surface area contributed by atoms with Crippen LogP contribution in [-0.4, -0.2) is 53.1 Å². The van der Waals surface area contributed by atoms with Crippen molar-refractivity contribution in [2.45, 2.75) is 6.92 Å². The SMILES string of the molecule is Cc1ccc(-n2ccnc2N2CCN(C(=O)COc3ccccc3)CC2)cc1.Cl. The molecular formula is C22H25ClN4O2. The van der Waals surface area contributed by atoms with Gasteiger partial charge in [0.1, 0.15) is 5.75 Å². The first kappa shape index (κ1) is 20.7. The molecule has 7 heteroatoms. The van der Waals surface area contributed by atoms with Gasteiger partial charge in [0.25, 0.3) is 5.91 Å². The molecule has 0 unspecified atom stereocenters. The number of aryl methyl sites for hydroxylation is 1. The minimum atomic E-state index is 0. The molecule has 0 spiro atoms. The summed E-state index contributed by atoms with van der Waals surface area (Å²) < 4.78 is 7.68. The molecule has 2 heterocycles. The van der Waals surface area contributed by atoms with Crippen LogP contribution in [0.5, 0.6) is 5.75 Å². The zero-order valence-corrected chi connectivity index (χ0v) is 17.2. The maximum absolute atomic E-state index is 12.4. The molecule has 1 aliphatic heterocycles. The van der Waals surface area contributed by atoms with Crippen LogP contribution < -0.4 is 9.64 Å². The number of para-hydroxylation sites is 1. The summed E-state index contributed by atoms with van der Waals surface area (Å²) in [6.45, 7) is 4.98. The third-order valence-corrected chi connectivity index (χ3v) is 4.95. The first-order chi connectivity index (χ1) is 13.7. The Morgan fingerprint density at radius 2 is 1.69 bits per heavy atom. The van der Waals surface area contributed by atoms with Gasteiger partial charge >= 0.3 is 0 Å². The summed E-state index contributed by atoms with van der Waals surface area (Å²) in [4.78, 5) is 21.1. The third-order valence-electron chi connectivity index (χ3n) is 4.95. The maximum atomic E-state index is 12.4. The smallest absolute Gasteiger partial charge is 0.260 e. The number of ether oxygens (including phenoxy) is 1. The van der Waals surface area contributed by atoms with Crippen LogP contribution in [0.3, 0.4) is 0 Å². The number of nitrogens with zero attached hydrogens (tertiary/aromatic N) is 4. The molecule has 0 aliphatic carbocycles. The largest absolute Gasteiger partial charge is 0.484 e. The monoisotopic (exact) mass is 412 g/mol. The molecule has 6 nitrogen and oxygen atoms in total. The van der Waals surface area contributed by atoms with Crippen molar-refractivity contribution >= 4 is 24.3 Å². The number of rotatable bonds is 5. The lowest BCUT2D eigenvalue weighted by molar-refractivity contribution is -0.133. The molecule has 1 saturated heterocycles. The molecule has 3 aromatic rings. The predicted molar refractivity (Wildman–Crippen MR) is 116 cm³/mol. The minimum Gasteiger partial charge on any atom is -0.484 e. The van der Waals surface area contributed by atoms with Crippen molar-refractivity contribution in [1.29, 1.82) is 0 Å². The van der Waals surface area contributed by atoms with Gasteiger partial charge in [-0.05, 0) is 31.2 Å². The van der Waals surface area contributed by atoms with Gasteiger partial charge in [-0.3, -0.25) is 9.36 Å². The molecule has 1 fully saturated rings. The van der Waals surface area contributed by atoms with Crippen molar-refractivity contribution in [2.75, 3.05) is 37.7 Å². The number of piperazine rings is 1. The summed E-state index contributed by atoms with van der Waals surface area (Å²) in [5, 5.41) is 0. The Morgan fingerprint density at radius 3 is 2.38 bits per heavy atom. The Morgan fingerprint density at radius 1 is 1.00 bits per heavy atom. The van der Waals surface area contributed by atoms with E-state index < -0.39 is 0 Å². The van der Waals surface area contributed by atoms with Crippen LogP contribution in [0, 0.1) is 6.92 Å². The van der Waals surface area contributed by atoms with Crippen LogP contribution in [0.1, 0.15) is 5.56 Å². The molecule has 4 rings (SSSR count). The van der Waals surface area contributed by atoms with Crippen LogP contribution in [0.25, 0.3) is 5.69 Å². The number of hydrogen-bond acceptors (Lipinski definition) is 4. The van der Waals surface area contributed by atoms with Gasteiger partial charge in [0.2, 0.25) is 5.95 Å². The Labute approximate surface area is 177 Å². The highest BCUT2D eigenvalue weighted by molar-refractivity contribution is 5.85. The van der Waals surface area contributed by atoms with Crippen molar-refractivity contribution < 1.29 is 9.53 Å². The molecule has 1 aromatic heterocycles. The van der Waals surface area contributed by atoms with E-state index in [0.29, 0.717) is 13.1 Å². The van der Waals surface area contributed by atoms with Gasteiger partial charge in [0.15, 0.2) is 6.61 Å². The van der Waals surface area contributed by atoms with Gasteiger partial charge in [0.05, 0.1) is 0 Å². The van der Waals surface area contributed by atoms with E-state index in [4.69, 9.17) is 4.74 Å². The molecule has 1 aliphatic rings. The highest BCUT2D eigenvalue weighted by Gasteiger charge is 2.24. The molecule has 0 atom stereocenters. The lowest BCUT2D eigenvalue weighted by atomic mass is 10.2. The van der Waals surface area contributed by atoms with Gasteiger partial charge in [-0.15, -0.1) is 12.4 Å². The van der Waals surface area contributed by atoms with E-state index in [9.17, 15) is 4.79 Å². The summed E-state index contributed by atoms with van der Waals surface area (Å²) >= 11 is 0. The highest BCUT2D eigenvalue weighted by Crippen LogP contribution is 2.20. The number of imidazole rings is 1. The quantitative estimate of drug-likeness (QED) is 0.645. The number of hydrogen-bond donors (Lipinski definition) is 0. The highest BCUT2D eigenvalue weighted by atomic mass is 35.5. The number of anilines is 1. The zero-order valence-electron chi connectivity index (χ0n) is 16.4. The normalized spacial score (nSPS) is 13.7. The van der Waals surface area contributed by atoms with E-state index in [1.807, 2.05) is 47.6 Å². The first-order valence-corrected chi connectivity index (χ1v) is 9.52. The van der Waals surface area contributed by atoms with E-state index in [1.54, 1.807) is 0 Å². The second-order valence-corrected chi connectivity index (χ2v) is 6.90. The number of amides is 1. The summed E-state index contributed by atoms with van der Waals surface area (Å²) in [5.41, 5.74) is 2.32. The molecule has 0 bridgehead atoms. The van der Waals surface area contributed by atoms with Crippen molar-refractivity contribution in [3.05, 3.63) is 72.6 Å². The number of halogens is 1. The molecule has 0 radical (unpaired) electrons. The summed E-state index contributed by atoms with van der Waals surface area (Å²) in [5.74, 6) is 1.65. The average molecular weight is 413 g/mol. The fraction of sp³-hybridized carbons (Fsp3) is 0.273. The third kappa shape index (κ3) is 4.90. The van der Waals surface area contributed by atoms with Crippen LogP contribution in [0.2, 0.25) is 0 Å². The lowest BCUT2D eigenvalue weighted by Gasteiger charge is -2.35. The molecular weight excluding hydrogens is 388 g/mol. The topological polar surface area (TPSA) is 50.6 Å². The second-order valence-electron chi connectivity index (χ2n) is 6.90. The average Bonchev–Trinajstić information content (AvgIpc) is 3.23. The van der Waals surface area contributed by atoms with Crippen molar-refractivity contribution in [2.24, 2.45) is 0 Å². The fourth-order valence-electron chi connectivity index (χ4n) is 3.35. The van der Waals surface area contributed by atoms with Crippen LogP contribution in [-0.2, 0) is 4.79 Å². The Balaban J connectivity index is 0.00000240. The minimum absolute atomic E-state index is 0. The van der Waals surface area contributed by atoms with Crippen molar-refractivity contribution in [3.8, 4) is 11.4 Å². The van der Waals surface area contributed by atoms with E-state index >= 15 is 0 Å². The first-order valence-electron chi connectivity index (χ1n) is 9.52. The summed E-state index contributed by atoms with van der Waals surface area (Å²) in [6.07, 6.45) is 3.80. The molecule has 1 amide bonds. The Bertz CT molecular complexity index is 920. The van der Waals surface area contributed by atoms with E-state index in [0.717, 1.165) is 30.5 Å². The zero-order chi connectivity index (χ0) is 19.3. The summed E-state index contributed by atoms with van der Waals surface area (Å²) in [6, 6.07) is 17.8. The molecule has 0 saturated carbocycles. The number of carbonyl (C=O) groups is 1. The second kappa shape index (κ2) is 9.47. The fourth-order valence-corrected chi connectivity index (χ4v) is 3.35. The van der Waals surface area contributed by atoms with Crippen molar-refractivity contribution in [1.82, 2.24) is 14.5 Å². The van der Waals surface area contributed by atoms with Gasteiger partial charge in [0, 0.05) is 44.3 Å². The number of benzene rings is 2. The maximum Gasteiger partial charge on any atom is 0.260 e. The van der Waals surface area contributed by atoms with Crippen LogP contribution >= 0.6 is 12.4 Å². The van der Waals surface area contributed by atoms with E-state index in [2.05, 4.69) is 45.6 Å². The number of carbonyl (C=O) groups excluding carboxylic acids is 1. The molecule has 2 aromatic carbocycles. The van der Waals surface area contributed by atoms with Crippen LogP contribution in [0.4, 0.5) is 5.95 Å². The Kier molecular flexibility index (Phi) is 6.77. The van der Waals surface area contributed by atoms with Gasteiger partial charge < -0.3 is 14.5 Å². The Hall–Kier alpha value is -2.99. The molecule has 29 heavy (non-hydrogen) atoms. The lowest BCUT2D eigenvalue weighted by Crippen LogP contribution is -2.50. The summed E-state index contributed by atoms with van der Waals surface area (Å²) in [7, 11) is 0. The van der Waals surface area contributed by atoms with Gasteiger partial charge in [-0.1, -0.05) is 35.9 Å².